The predicted molar refractivity (Wildman–Crippen MR) is 104 cm³/mol. The maximum absolute atomic E-state index is 12.6. The van der Waals surface area contributed by atoms with E-state index in [4.69, 9.17) is 13.9 Å². The van der Waals surface area contributed by atoms with Crippen LogP contribution in [0.5, 0.6) is 11.5 Å². The number of rotatable bonds is 6. The maximum Gasteiger partial charge on any atom is 0.277 e. The van der Waals surface area contributed by atoms with Crippen molar-refractivity contribution in [3.63, 3.8) is 0 Å². The maximum atomic E-state index is 12.6. The topological polar surface area (TPSA) is 77.7 Å². The van der Waals surface area contributed by atoms with Crippen LogP contribution in [0.3, 0.4) is 0 Å². The molecule has 2 heterocycles. The molecule has 0 N–H and O–H groups in total. The first-order valence-corrected chi connectivity index (χ1v) is 9.67. The predicted octanol–water partition coefficient (Wildman–Crippen LogP) is 3.60. The molecule has 8 heteroatoms. The zero-order chi connectivity index (χ0) is 19.5. The number of benzene rings is 2. The summed E-state index contributed by atoms with van der Waals surface area (Å²) >= 11 is 1.24. The quantitative estimate of drug-likeness (QED) is 0.588. The van der Waals surface area contributed by atoms with Gasteiger partial charge in [-0.15, -0.1) is 10.2 Å². The Morgan fingerprint density at radius 1 is 1.14 bits per heavy atom. The normalized spacial score (nSPS) is 13.4. The molecule has 0 saturated heterocycles. The van der Waals surface area contributed by atoms with Crippen molar-refractivity contribution in [1.82, 2.24) is 15.1 Å². The molecular formula is C20H19N3O4S. The molecule has 144 valence electrons. The molecule has 0 radical (unpaired) electrons. The first-order valence-electron chi connectivity index (χ1n) is 8.79. The molecule has 1 aliphatic heterocycles. The summed E-state index contributed by atoms with van der Waals surface area (Å²) in [6.07, 6.45) is 0. The van der Waals surface area contributed by atoms with Crippen molar-refractivity contribution in [2.45, 2.75) is 23.9 Å². The van der Waals surface area contributed by atoms with Gasteiger partial charge in [-0.05, 0) is 30.7 Å². The molecule has 0 bridgehead atoms. The van der Waals surface area contributed by atoms with Gasteiger partial charge in [-0.25, -0.2) is 0 Å². The number of carbonyl (C=O) groups is 1. The number of nitrogens with zero attached hydrogens (tertiary/aromatic N) is 3. The number of amides is 1. The highest BCUT2D eigenvalue weighted by molar-refractivity contribution is 8.00. The van der Waals surface area contributed by atoms with Crippen molar-refractivity contribution in [1.29, 1.82) is 0 Å². The standard InChI is InChI=1S/C20H19N3O4S/c1-13(19(24)23(2)11-14-6-4-3-5-7-14)28-20-22-21-18(27-20)15-8-9-16-17(10-15)26-12-25-16/h3-10,13H,11-12H2,1-2H3/t13-/m1/s1. The third-order valence-corrected chi connectivity index (χ3v) is 5.21. The first-order chi connectivity index (χ1) is 13.6. The Morgan fingerprint density at radius 3 is 2.75 bits per heavy atom. The Hall–Kier alpha value is -3.00. The van der Waals surface area contributed by atoms with Crippen molar-refractivity contribution in [2.75, 3.05) is 13.8 Å². The Labute approximate surface area is 166 Å². The molecule has 1 aliphatic rings. The highest BCUT2D eigenvalue weighted by Gasteiger charge is 2.22. The summed E-state index contributed by atoms with van der Waals surface area (Å²) in [6, 6.07) is 15.3. The molecule has 0 fully saturated rings. The molecule has 7 nitrogen and oxygen atoms in total. The Bertz CT molecular complexity index is 977. The number of thioether (sulfide) groups is 1. The minimum Gasteiger partial charge on any atom is -0.454 e. The van der Waals surface area contributed by atoms with E-state index in [-0.39, 0.29) is 18.0 Å². The second-order valence-corrected chi connectivity index (χ2v) is 7.67. The average molecular weight is 397 g/mol. The van der Waals surface area contributed by atoms with Crippen LogP contribution in [-0.2, 0) is 11.3 Å². The van der Waals surface area contributed by atoms with E-state index < -0.39 is 0 Å². The average Bonchev–Trinajstić information content (AvgIpc) is 3.36. The van der Waals surface area contributed by atoms with Gasteiger partial charge in [0, 0.05) is 19.2 Å². The molecule has 1 amide bonds. The van der Waals surface area contributed by atoms with Gasteiger partial charge < -0.3 is 18.8 Å². The minimum atomic E-state index is -0.348. The Morgan fingerprint density at radius 2 is 1.93 bits per heavy atom. The molecule has 1 atom stereocenters. The van der Waals surface area contributed by atoms with Crippen LogP contribution >= 0.6 is 11.8 Å². The molecule has 0 aliphatic carbocycles. The third-order valence-electron chi connectivity index (χ3n) is 4.29. The van der Waals surface area contributed by atoms with Gasteiger partial charge in [-0.1, -0.05) is 42.1 Å². The fourth-order valence-electron chi connectivity index (χ4n) is 2.85. The van der Waals surface area contributed by atoms with E-state index in [1.165, 1.54) is 11.8 Å². The molecule has 0 unspecified atom stereocenters. The Kier molecular flexibility index (Phi) is 5.21. The molecule has 3 aromatic rings. The van der Waals surface area contributed by atoms with Gasteiger partial charge in [0.15, 0.2) is 11.5 Å². The smallest absolute Gasteiger partial charge is 0.277 e. The van der Waals surface area contributed by atoms with Crippen molar-refractivity contribution in [2.24, 2.45) is 0 Å². The van der Waals surface area contributed by atoms with Crippen LogP contribution in [0.4, 0.5) is 0 Å². The lowest BCUT2D eigenvalue weighted by atomic mass is 10.2. The molecular weight excluding hydrogens is 378 g/mol. The van der Waals surface area contributed by atoms with E-state index in [2.05, 4.69) is 10.2 Å². The second kappa shape index (κ2) is 7.93. The van der Waals surface area contributed by atoms with Crippen LogP contribution in [0.2, 0.25) is 0 Å². The first kappa shape index (κ1) is 18.4. The molecule has 0 saturated carbocycles. The summed E-state index contributed by atoms with van der Waals surface area (Å²) in [4.78, 5) is 14.3. The van der Waals surface area contributed by atoms with Crippen LogP contribution in [0, 0.1) is 0 Å². The Balaban J connectivity index is 1.39. The zero-order valence-corrected chi connectivity index (χ0v) is 16.3. The molecule has 1 aromatic heterocycles. The van der Waals surface area contributed by atoms with Gasteiger partial charge in [0.2, 0.25) is 18.6 Å². The molecule has 4 rings (SSSR count). The van der Waals surface area contributed by atoms with Crippen LogP contribution in [0.1, 0.15) is 12.5 Å². The van der Waals surface area contributed by atoms with Crippen LogP contribution in [-0.4, -0.2) is 40.1 Å². The van der Waals surface area contributed by atoms with Gasteiger partial charge >= 0.3 is 0 Å². The largest absolute Gasteiger partial charge is 0.454 e. The van der Waals surface area contributed by atoms with E-state index in [0.717, 1.165) is 11.1 Å². The van der Waals surface area contributed by atoms with E-state index in [0.29, 0.717) is 29.2 Å². The fraction of sp³-hybridized carbons (Fsp3) is 0.250. The number of carbonyl (C=O) groups excluding carboxylic acids is 1. The fourth-order valence-corrected chi connectivity index (χ4v) is 3.65. The van der Waals surface area contributed by atoms with Gasteiger partial charge in [-0.3, -0.25) is 4.79 Å². The summed E-state index contributed by atoms with van der Waals surface area (Å²) in [5.41, 5.74) is 1.82. The second-order valence-electron chi connectivity index (χ2n) is 6.38. The lowest BCUT2D eigenvalue weighted by molar-refractivity contribution is -0.129. The summed E-state index contributed by atoms with van der Waals surface area (Å²) in [5, 5.41) is 8.13. The lowest BCUT2D eigenvalue weighted by Crippen LogP contribution is -2.32. The number of fused-ring (bicyclic) bond motifs is 1. The number of hydrogen-bond acceptors (Lipinski definition) is 7. The van der Waals surface area contributed by atoms with Crippen molar-refractivity contribution < 1.29 is 18.7 Å². The molecule has 28 heavy (non-hydrogen) atoms. The number of hydrogen-bond donors (Lipinski definition) is 0. The van der Waals surface area contributed by atoms with E-state index in [1.54, 1.807) is 24.1 Å². The summed E-state index contributed by atoms with van der Waals surface area (Å²) in [6.45, 7) is 2.59. The number of aromatic nitrogens is 2. The van der Waals surface area contributed by atoms with Crippen molar-refractivity contribution in [3.05, 3.63) is 54.1 Å². The summed E-state index contributed by atoms with van der Waals surface area (Å²) in [7, 11) is 1.79. The van der Waals surface area contributed by atoms with E-state index >= 15 is 0 Å². The van der Waals surface area contributed by atoms with Crippen LogP contribution in [0.25, 0.3) is 11.5 Å². The zero-order valence-electron chi connectivity index (χ0n) is 15.5. The van der Waals surface area contributed by atoms with Gasteiger partial charge in [-0.2, -0.15) is 0 Å². The van der Waals surface area contributed by atoms with Gasteiger partial charge in [0.25, 0.3) is 5.22 Å². The SMILES string of the molecule is C[C@@H](Sc1nnc(-c2ccc3c(c2)OCO3)o1)C(=O)N(C)Cc1ccccc1. The summed E-state index contributed by atoms with van der Waals surface area (Å²) < 4.78 is 16.4. The van der Waals surface area contributed by atoms with Gasteiger partial charge in [0.05, 0.1) is 5.25 Å². The molecule has 2 aromatic carbocycles. The summed E-state index contributed by atoms with van der Waals surface area (Å²) in [5.74, 6) is 1.71. The minimum absolute atomic E-state index is 0.00307. The van der Waals surface area contributed by atoms with Crippen molar-refractivity contribution >= 4 is 17.7 Å². The molecule has 0 spiro atoms. The van der Waals surface area contributed by atoms with Crippen LogP contribution in [0.15, 0.2) is 58.2 Å². The third kappa shape index (κ3) is 3.96. The van der Waals surface area contributed by atoms with E-state index in [1.807, 2.05) is 43.3 Å². The van der Waals surface area contributed by atoms with E-state index in [9.17, 15) is 4.79 Å². The monoisotopic (exact) mass is 397 g/mol. The van der Waals surface area contributed by atoms with Gasteiger partial charge in [0.1, 0.15) is 0 Å². The van der Waals surface area contributed by atoms with Crippen molar-refractivity contribution in [3.8, 4) is 23.0 Å². The highest BCUT2D eigenvalue weighted by atomic mass is 32.2. The highest BCUT2D eigenvalue weighted by Crippen LogP contribution is 2.36. The van der Waals surface area contributed by atoms with Crippen LogP contribution < -0.4 is 9.47 Å². The lowest BCUT2D eigenvalue weighted by Gasteiger charge is -2.20. The number of ether oxygens (including phenoxy) is 2.